The van der Waals surface area contributed by atoms with Crippen molar-refractivity contribution < 1.29 is 26.8 Å². The molecule has 0 aliphatic carbocycles. The van der Waals surface area contributed by atoms with Gasteiger partial charge in [-0.2, -0.15) is 0 Å². The minimum atomic E-state index is -3.80. The van der Waals surface area contributed by atoms with E-state index in [1.54, 1.807) is 0 Å². The van der Waals surface area contributed by atoms with Crippen LogP contribution < -0.4 is 9.62 Å². The van der Waals surface area contributed by atoms with Crippen LogP contribution in [0.4, 0.5) is 20.2 Å². The van der Waals surface area contributed by atoms with Crippen LogP contribution in [0.25, 0.3) is 0 Å². The highest BCUT2D eigenvalue weighted by molar-refractivity contribution is 7.92. The van der Waals surface area contributed by atoms with Crippen molar-refractivity contribution in [2.45, 2.75) is 6.92 Å². The van der Waals surface area contributed by atoms with E-state index in [0.29, 0.717) is 5.56 Å². The summed E-state index contributed by atoms with van der Waals surface area (Å²) in [5, 5.41) is 2.31. The maximum Gasteiger partial charge on any atom is 0.245 e. The number of sulfonamides is 1. The Labute approximate surface area is 149 Å². The molecule has 0 spiro atoms. The third-order valence-corrected chi connectivity index (χ3v) is 4.59. The normalized spacial score (nSPS) is 11.1. The summed E-state index contributed by atoms with van der Waals surface area (Å²) in [5.41, 5.74) is 0.584. The molecule has 0 aromatic heterocycles. The molecule has 0 saturated carbocycles. The molecule has 6 nitrogen and oxygen atoms in total. The smallest absolute Gasteiger partial charge is 0.245 e. The van der Waals surface area contributed by atoms with Gasteiger partial charge in [0.2, 0.25) is 15.9 Å². The van der Waals surface area contributed by atoms with Crippen LogP contribution in [-0.4, -0.2) is 32.9 Å². The molecule has 26 heavy (non-hydrogen) atoms. The number of hydrogen-bond acceptors (Lipinski definition) is 4. The molecule has 1 amide bonds. The van der Waals surface area contributed by atoms with Gasteiger partial charge in [-0.3, -0.25) is 13.9 Å². The second kappa shape index (κ2) is 7.61. The Morgan fingerprint density at radius 3 is 2.15 bits per heavy atom. The highest BCUT2D eigenvalue weighted by atomic mass is 32.2. The molecule has 0 heterocycles. The number of benzene rings is 2. The summed E-state index contributed by atoms with van der Waals surface area (Å²) in [5.74, 6) is -3.12. The fourth-order valence-electron chi connectivity index (χ4n) is 2.17. The molecule has 2 aromatic carbocycles. The number of amides is 1. The molecule has 0 unspecified atom stereocenters. The molecular formula is C17H16F2N2O4S. The second-order valence-electron chi connectivity index (χ2n) is 5.55. The van der Waals surface area contributed by atoms with Crippen LogP contribution >= 0.6 is 0 Å². The van der Waals surface area contributed by atoms with Gasteiger partial charge in [0, 0.05) is 17.3 Å². The highest BCUT2D eigenvalue weighted by Gasteiger charge is 2.21. The maximum absolute atomic E-state index is 13.2. The van der Waals surface area contributed by atoms with Crippen molar-refractivity contribution in [3.63, 3.8) is 0 Å². The highest BCUT2D eigenvalue weighted by Crippen LogP contribution is 2.19. The van der Waals surface area contributed by atoms with Crippen LogP contribution in [0.3, 0.4) is 0 Å². The second-order valence-corrected chi connectivity index (χ2v) is 7.46. The largest absolute Gasteiger partial charge is 0.324 e. The molecule has 0 bridgehead atoms. The first-order valence-corrected chi connectivity index (χ1v) is 9.26. The van der Waals surface area contributed by atoms with Crippen molar-refractivity contribution >= 4 is 33.1 Å². The van der Waals surface area contributed by atoms with Crippen LogP contribution in [0.5, 0.6) is 0 Å². The lowest BCUT2D eigenvalue weighted by Gasteiger charge is -2.22. The third kappa shape index (κ3) is 4.85. The SMILES string of the molecule is CC(=O)c1ccc(N(CC(=O)Nc2ccc(F)c(F)c2)S(C)(=O)=O)cc1. The molecule has 0 aliphatic rings. The molecule has 0 aliphatic heterocycles. The number of nitrogens with zero attached hydrogens (tertiary/aromatic N) is 1. The zero-order chi connectivity index (χ0) is 19.5. The molecule has 2 aromatic rings. The van der Waals surface area contributed by atoms with Gasteiger partial charge in [0.15, 0.2) is 17.4 Å². The molecule has 0 radical (unpaired) electrons. The Morgan fingerprint density at radius 1 is 1.04 bits per heavy atom. The van der Waals surface area contributed by atoms with Crippen LogP contribution in [0.15, 0.2) is 42.5 Å². The molecule has 0 saturated heterocycles. The number of anilines is 2. The summed E-state index contributed by atoms with van der Waals surface area (Å²) in [6.45, 7) is 0.801. The van der Waals surface area contributed by atoms with E-state index in [1.165, 1.54) is 31.2 Å². The van der Waals surface area contributed by atoms with Gasteiger partial charge in [-0.25, -0.2) is 17.2 Å². The summed E-state index contributed by atoms with van der Waals surface area (Å²) in [7, 11) is -3.80. The zero-order valence-corrected chi connectivity index (χ0v) is 14.8. The zero-order valence-electron chi connectivity index (χ0n) is 14.0. The average molecular weight is 382 g/mol. The Bertz CT molecular complexity index is 944. The molecule has 0 atom stereocenters. The molecule has 1 N–H and O–H groups in total. The molecule has 0 fully saturated rings. The number of nitrogens with one attached hydrogen (secondary N) is 1. The van der Waals surface area contributed by atoms with E-state index in [0.717, 1.165) is 28.8 Å². The monoisotopic (exact) mass is 382 g/mol. The van der Waals surface area contributed by atoms with Gasteiger partial charge < -0.3 is 5.32 Å². The van der Waals surface area contributed by atoms with Gasteiger partial charge in [0.05, 0.1) is 11.9 Å². The van der Waals surface area contributed by atoms with Crippen LogP contribution in [0, 0.1) is 11.6 Å². The van der Waals surface area contributed by atoms with Gasteiger partial charge >= 0.3 is 0 Å². The minimum Gasteiger partial charge on any atom is -0.324 e. The summed E-state index contributed by atoms with van der Waals surface area (Å²) in [4.78, 5) is 23.4. The molecule has 138 valence electrons. The number of ketones is 1. The lowest BCUT2D eigenvalue weighted by atomic mass is 10.1. The standard InChI is InChI=1S/C17H16F2N2O4S/c1-11(22)12-3-6-14(7-4-12)21(26(2,24)25)10-17(23)20-13-5-8-15(18)16(19)9-13/h3-9H,10H2,1-2H3,(H,20,23). The Morgan fingerprint density at radius 2 is 1.65 bits per heavy atom. The van der Waals surface area contributed by atoms with Gasteiger partial charge in [0.25, 0.3) is 0 Å². The summed E-state index contributed by atoms with van der Waals surface area (Å²) in [6.07, 6.45) is 0.927. The molecule has 9 heteroatoms. The molecule has 2 rings (SSSR count). The summed E-state index contributed by atoms with van der Waals surface area (Å²) < 4.78 is 51.0. The number of carbonyl (C=O) groups is 2. The van der Waals surface area contributed by atoms with Crippen LogP contribution in [-0.2, 0) is 14.8 Å². The van der Waals surface area contributed by atoms with Crippen molar-refractivity contribution in [1.82, 2.24) is 0 Å². The summed E-state index contributed by atoms with van der Waals surface area (Å²) in [6, 6.07) is 8.50. The van der Waals surface area contributed by atoms with Crippen molar-refractivity contribution in [3.8, 4) is 0 Å². The number of hydrogen-bond donors (Lipinski definition) is 1. The maximum atomic E-state index is 13.2. The Kier molecular flexibility index (Phi) is 5.71. The molecular weight excluding hydrogens is 366 g/mol. The van der Waals surface area contributed by atoms with E-state index in [4.69, 9.17) is 0 Å². The van der Waals surface area contributed by atoms with E-state index < -0.39 is 34.1 Å². The van der Waals surface area contributed by atoms with Crippen molar-refractivity contribution in [2.75, 3.05) is 22.4 Å². The number of rotatable bonds is 6. The predicted octanol–water partition coefficient (Wildman–Crippen LogP) is 2.57. The van der Waals surface area contributed by atoms with E-state index in [-0.39, 0.29) is 17.2 Å². The van der Waals surface area contributed by atoms with E-state index >= 15 is 0 Å². The number of halogens is 2. The Hall–Kier alpha value is -2.81. The first-order chi connectivity index (χ1) is 12.1. The van der Waals surface area contributed by atoms with Gasteiger partial charge in [-0.05, 0) is 43.3 Å². The van der Waals surface area contributed by atoms with E-state index in [1.807, 2.05) is 0 Å². The minimum absolute atomic E-state index is 0.00530. The van der Waals surface area contributed by atoms with Crippen LogP contribution in [0.1, 0.15) is 17.3 Å². The lowest BCUT2D eigenvalue weighted by molar-refractivity contribution is -0.114. The fraction of sp³-hybridized carbons (Fsp3) is 0.176. The predicted molar refractivity (Wildman–Crippen MR) is 93.6 cm³/mol. The van der Waals surface area contributed by atoms with Gasteiger partial charge in [-0.15, -0.1) is 0 Å². The number of Topliss-reactive ketones (excluding diaryl/α,β-unsaturated/α-hetero) is 1. The first-order valence-electron chi connectivity index (χ1n) is 7.41. The van der Waals surface area contributed by atoms with E-state index in [9.17, 15) is 26.8 Å². The summed E-state index contributed by atoms with van der Waals surface area (Å²) >= 11 is 0. The topological polar surface area (TPSA) is 83.6 Å². The quantitative estimate of drug-likeness (QED) is 0.779. The Balaban J connectivity index is 2.21. The van der Waals surface area contributed by atoms with Crippen molar-refractivity contribution in [2.24, 2.45) is 0 Å². The lowest BCUT2D eigenvalue weighted by Crippen LogP contribution is -2.37. The number of carbonyl (C=O) groups excluding carboxylic acids is 2. The van der Waals surface area contributed by atoms with Gasteiger partial charge in [0.1, 0.15) is 6.54 Å². The van der Waals surface area contributed by atoms with Crippen molar-refractivity contribution in [1.29, 1.82) is 0 Å². The van der Waals surface area contributed by atoms with Crippen molar-refractivity contribution in [3.05, 3.63) is 59.7 Å². The average Bonchev–Trinajstić information content (AvgIpc) is 2.55. The van der Waals surface area contributed by atoms with E-state index in [2.05, 4.69) is 5.32 Å². The fourth-order valence-corrected chi connectivity index (χ4v) is 3.02. The van der Waals surface area contributed by atoms with Crippen LogP contribution in [0.2, 0.25) is 0 Å². The third-order valence-electron chi connectivity index (χ3n) is 3.45. The van der Waals surface area contributed by atoms with Gasteiger partial charge in [-0.1, -0.05) is 0 Å². The first kappa shape index (κ1) is 19.5.